The van der Waals surface area contributed by atoms with Crippen LogP contribution in [0, 0.1) is 24.4 Å². The maximum Gasteiger partial charge on any atom is 0.161 e. The van der Waals surface area contributed by atoms with Gasteiger partial charge in [-0.25, -0.2) is 17.9 Å². The molecule has 0 fully saturated rings. The fourth-order valence-corrected chi connectivity index (χ4v) is 1.87. The summed E-state index contributed by atoms with van der Waals surface area (Å²) in [6.45, 7) is 1.18. The maximum absolute atomic E-state index is 13.6. The van der Waals surface area contributed by atoms with Crippen LogP contribution in [0.2, 0.25) is 5.15 Å². The summed E-state index contributed by atoms with van der Waals surface area (Å²) in [6, 6.07) is 1.07. The molecule has 0 aliphatic rings. The molecule has 0 spiro atoms. The first kappa shape index (κ1) is 12.9. The minimum absolute atomic E-state index is 0.0418. The van der Waals surface area contributed by atoms with Crippen LogP contribution in [0.5, 0.6) is 0 Å². The van der Waals surface area contributed by atoms with Crippen molar-refractivity contribution in [1.82, 2.24) is 9.78 Å². The van der Waals surface area contributed by atoms with E-state index in [9.17, 15) is 13.2 Å². The standard InChI is InChI=1S/C11H8ClF3N2O/c1-5-6(4-18)11(12)17(16-5)10-3-8(14)7(13)2-9(10)15/h2-3,18H,4H2,1H3. The highest BCUT2D eigenvalue weighted by Gasteiger charge is 2.18. The van der Waals surface area contributed by atoms with Crippen LogP contribution in [-0.4, -0.2) is 14.9 Å². The average Bonchev–Trinajstić information content (AvgIpc) is 2.59. The van der Waals surface area contributed by atoms with Gasteiger partial charge in [-0.15, -0.1) is 0 Å². The van der Waals surface area contributed by atoms with Crippen LogP contribution in [0.25, 0.3) is 5.69 Å². The van der Waals surface area contributed by atoms with E-state index in [1.165, 1.54) is 0 Å². The molecule has 0 aliphatic heterocycles. The quantitative estimate of drug-likeness (QED) is 0.857. The first-order valence-electron chi connectivity index (χ1n) is 4.95. The van der Waals surface area contributed by atoms with E-state index in [0.29, 0.717) is 23.4 Å². The van der Waals surface area contributed by atoms with Crippen molar-refractivity contribution in [2.75, 3.05) is 0 Å². The molecule has 7 heteroatoms. The highest BCUT2D eigenvalue weighted by Crippen LogP contribution is 2.26. The molecule has 2 rings (SSSR count). The van der Waals surface area contributed by atoms with Crippen molar-refractivity contribution in [3.63, 3.8) is 0 Å². The topological polar surface area (TPSA) is 38.0 Å². The van der Waals surface area contributed by atoms with Gasteiger partial charge in [-0.3, -0.25) is 0 Å². The van der Waals surface area contributed by atoms with E-state index in [4.69, 9.17) is 16.7 Å². The number of aliphatic hydroxyl groups is 1. The Balaban J connectivity index is 2.66. The highest BCUT2D eigenvalue weighted by atomic mass is 35.5. The number of nitrogens with zero attached hydrogens (tertiary/aromatic N) is 2. The summed E-state index contributed by atoms with van der Waals surface area (Å²) in [5.41, 5.74) is 0.370. The van der Waals surface area contributed by atoms with Gasteiger partial charge in [-0.1, -0.05) is 11.6 Å². The van der Waals surface area contributed by atoms with Crippen LogP contribution in [-0.2, 0) is 6.61 Å². The van der Waals surface area contributed by atoms with Gasteiger partial charge in [0.05, 0.1) is 12.3 Å². The van der Waals surface area contributed by atoms with Crippen molar-refractivity contribution in [2.45, 2.75) is 13.5 Å². The van der Waals surface area contributed by atoms with Gasteiger partial charge < -0.3 is 5.11 Å². The molecule has 0 saturated heterocycles. The molecular formula is C11H8ClF3N2O. The molecule has 1 heterocycles. The lowest BCUT2D eigenvalue weighted by molar-refractivity contribution is 0.281. The predicted molar refractivity (Wildman–Crippen MR) is 59.1 cm³/mol. The largest absolute Gasteiger partial charge is 0.391 e. The second-order valence-corrected chi connectivity index (χ2v) is 4.00. The van der Waals surface area contributed by atoms with Crippen LogP contribution < -0.4 is 0 Å². The van der Waals surface area contributed by atoms with E-state index in [1.807, 2.05) is 0 Å². The molecule has 1 aromatic carbocycles. The zero-order valence-corrected chi connectivity index (χ0v) is 9.97. The summed E-state index contributed by atoms with van der Waals surface area (Å²) in [4.78, 5) is 0. The van der Waals surface area contributed by atoms with Crippen LogP contribution in [0.3, 0.4) is 0 Å². The second-order valence-electron chi connectivity index (χ2n) is 3.64. The fraction of sp³-hybridized carbons (Fsp3) is 0.182. The predicted octanol–water partition coefficient (Wildman–Crippen LogP) is 2.74. The Hall–Kier alpha value is -1.53. The third-order valence-corrected chi connectivity index (χ3v) is 2.89. The molecule has 1 N–H and O–H groups in total. The number of hydrogen-bond acceptors (Lipinski definition) is 2. The van der Waals surface area contributed by atoms with Crippen LogP contribution in [0.4, 0.5) is 13.2 Å². The smallest absolute Gasteiger partial charge is 0.161 e. The normalized spacial score (nSPS) is 11.0. The summed E-state index contributed by atoms with van der Waals surface area (Å²) < 4.78 is 40.4. The van der Waals surface area contributed by atoms with Gasteiger partial charge in [0.1, 0.15) is 10.8 Å². The summed E-state index contributed by atoms with van der Waals surface area (Å²) in [5.74, 6) is -3.50. The fourth-order valence-electron chi connectivity index (χ4n) is 1.55. The molecule has 0 bridgehead atoms. The van der Waals surface area contributed by atoms with Gasteiger partial charge >= 0.3 is 0 Å². The first-order chi connectivity index (χ1) is 8.45. The minimum Gasteiger partial charge on any atom is -0.391 e. The van der Waals surface area contributed by atoms with Gasteiger partial charge in [0, 0.05) is 17.7 Å². The van der Waals surface area contributed by atoms with Crippen LogP contribution in [0.15, 0.2) is 12.1 Å². The minimum atomic E-state index is -1.29. The second kappa shape index (κ2) is 4.62. The van der Waals surface area contributed by atoms with Gasteiger partial charge in [0.25, 0.3) is 0 Å². The van der Waals surface area contributed by atoms with Crippen LogP contribution in [0.1, 0.15) is 11.3 Å². The molecule has 0 aliphatic carbocycles. The van der Waals surface area contributed by atoms with E-state index >= 15 is 0 Å². The molecule has 0 saturated carbocycles. The van der Waals surface area contributed by atoms with Crippen molar-refractivity contribution in [1.29, 1.82) is 0 Å². The Kier molecular flexibility index (Phi) is 3.32. The lowest BCUT2D eigenvalue weighted by Gasteiger charge is -2.05. The zero-order valence-electron chi connectivity index (χ0n) is 9.22. The Labute approximate surface area is 105 Å². The molecule has 2 aromatic rings. The lowest BCUT2D eigenvalue weighted by Crippen LogP contribution is -2.02. The van der Waals surface area contributed by atoms with Crippen molar-refractivity contribution in [2.24, 2.45) is 0 Å². The SMILES string of the molecule is Cc1nn(-c2cc(F)c(F)cc2F)c(Cl)c1CO. The molecule has 0 amide bonds. The van der Waals surface area contributed by atoms with E-state index in [2.05, 4.69) is 5.10 Å². The summed E-state index contributed by atoms with van der Waals surface area (Å²) in [6.07, 6.45) is 0. The summed E-state index contributed by atoms with van der Waals surface area (Å²) >= 11 is 5.89. The number of benzene rings is 1. The van der Waals surface area contributed by atoms with E-state index in [-0.39, 0.29) is 17.4 Å². The Morgan fingerprint density at radius 2 is 1.83 bits per heavy atom. The highest BCUT2D eigenvalue weighted by molar-refractivity contribution is 6.30. The molecule has 0 atom stereocenters. The van der Waals surface area contributed by atoms with E-state index in [1.54, 1.807) is 6.92 Å². The van der Waals surface area contributed by atoms with E-state index in [0.717, 1.165) is 4.68 Å². The molecule has 3 nitrogen and oxygen atoms in total. The number of aromatic nitrogens is 2. The van der Waals surface area contributed by atoms with Crippen LogP contribution >= 0.6 is 11.6 Å². The number of aliphatic hydroxyl groups excluding tert-OH is 1. The molecule has 0 unspecified atom stereocenters. The summed E-state index contributed by atoms with van der Waals surface area (Å²) in [5, 5.41) is 12.9. The Bertz CT molecular complexity index is 613. The number of hydrogen-bond donors (Lipinski definition) is 1. The third kappa shape index (κ3) is 1.97. The zero-order chi connectivity index (χ0) is 13.4. The average molecular weight is 277 g/mol. The van der Waals surface area contributed by atoms with E-state index < -0.39 is 17.5 Å². The van der Waals surface area contributed by atoms with Crippen molar-refractivity contribution in [3.05, 3.63) is 46.0 Å². The molecule has 1 aromatic heterocycles. The van der Waals surface area contributed by atoms with Crippen molar-refractivity contribution < 1.29 is 18.3 Å². The van der Waals surface area contributed by atoms with Gasteiger partial charge in [0.15, 0.2) is 17.5 Å². The lowest BCUT2D eigenvalue weighted by atomic mass is 10.2. The van der Waals surface area contributed by atoms with Gasteiger partial charge in [0.2, 0.25) is 0 Å². The Morgan fingerprint density at radius 1 is 1.22 bits per heavy atom. The molecule has 18 heavy (non-hydrogen) atoms. The molecule has 96 valence electrons. The molecule has 0 radical (unpaired) electrons. The molecular weight excluding hydrogens is 269 g/mol. The van der Waals surface area contributed by atoms with Crippen molar-refractivity contribution >= 4 is 11.6 Å². The maximum atomic E-state index is 13.6. The monoisotopic (exact) mass is 276 g/mol. The first-order valence-corrected chi connectivity index (χ1v) is 5.33. The van der Waals surface area contributed by atoms with Gasteiger partial charge in [-0.2, -0.15) is 5.10 Å². The number of aryl methyl sites for hydroxylation is 1. The number of rotatable bonds is 2. The Morgan fingerprint density at radius 3 is 2.39 bits per heavy atom. The number of halogens is 4. The third-order valence-electron chi connectivity index (χ3n) is 2.50. The summed E-state index contributed by atoms with van der Waals surface area (Å²) in [7, 11) is 0. The van der Waals surface area contributed by atoms with Crippen molar-refractivity contribution in [3.8, 4) is 5.69 Å². The van der Waals surface area contributed by atoms with Gasteiger partial charge in [-0.05, 0) is 6.92 Å².